The summed E-state index contributed by atoms with van der Waals surface area (Å²) >= 11 is 1.71. The predicted molar refractivity (Wildman–Crippen MR) is 75.4 cm³/mol. The number of thiophene rings is 1. The summed E-state index contributed by atoms with van der Waals surface area (Å²) in [6.45, 7) is 5.97. The minimum Gasteiger partial charge on any atom is -0.314 e. The van der Waals surface area contributed by atoms with E-state index < -0.39 is 0 Å². The molecule has 2 aromatic heterocycles. The van der Waals surface area contributed by atoms with Crippen molar-refractivity contribution in [1.29, 1.82) is 0 Å². The number of hydrogen-bond acceptors (Lipinski definition) is 5. The van der Waals surface area contributed by atoms with Gasteiger partial charge < -0.3 is 4.90 Å². The van der Waals surface area contributed by atoms with Crippen LogP contribution in [0.3, 0.4) is 0 Å². The molecule has 2 aromatic rings. The van der Waals surface area contributed by atoms with Gasteiger partial charge in [0.1, 0.15) is 10.7 Å². The van der Waals surface area contributed by atoms with Gasteiger partial charge in [-0.25, -0.2) is 9.98 Å². The lowest BCUT2D eigenvalue weighted by atomic mass is 10.1. The van der Waals surface area contributed by atoms with E-state index in [1.807, 2.05) is 13.3 Å². The number of hydrogen-bond donors (Lipinski definition) is 0. The quantitative estimate of drug-likeness (QED) is 0.727. The second-order valence-corrected chi connectivity index (χ2v) is 5.68. The van der Waals surface area contributed by atoms with Gasteiger partial charge >= 0.3 is 0 Å². The molecule has 0 saturated heterocycles. The zero-order valence-electron chi connectivity index (χ0n) is 10.3. The predicted octanol–water partition coefficient (Wildman–Crippen LogP) is 2.65. The van der Waals surface area contributed by atoms with Gasteiger partial charge in [0.25, 0.3) is 0 Å². The van der Waals surface area contributed by atoms with Gasteiger partial charge in [0.15, 0.2) is 0 Å². The molecule has 0 N–H and O–H groups in total. The van der Waals surface area contributed by atoms with Crippen LogP contribution < -0.4 is 0 Å². The number of pyridine rings is 1. The standard InChI is InChI=1S/C13H12N4S/c1-7-5-8(2)16-13-9(7)10-11(18-13)12-14-3-4-17(12)6-15-10/h5-6H,3-4H2,1-2H3. The van der Waals surface area contributed by atoms with E-state index in [9.17, 15) is 0 Å². The summed E-state index contributed by atoms with van der Waals surface area (Å²) in [7, 11) is 0. The van der Waals surface area contributed by atoms with Gasteiger partial charge in [-0.3, -0.25) is 4.99 Å². The minimum absolute atomic E-state index is 0.862. The highest BCUT2D eigenvalue weighted by Crippen LogP contribution is 2.41. The van der Waals surface area contributed by atoms with Crippen molar-refractivity contribution in [3.05, 3.63) is 22.2 Å². The first kappa shape index (κ1) is 10.2. The Morgan fingerprint density at radius 1 is 1.33 bits per heavy atom. The Bertz CT molecular complexity index is 726. The third kappa shape index (κ3) is 1.22. The summed E-state index contributed by atoms with van der Waals surface area (Å²) in [5.74, 6) is 1.07. The Balaban J connectivity index is 2.10. The van der Waals surface area contributed by atoms with Crippen LogP contribution >= 0.6 is 11.3 Å². The van der Waals surface area contributed by atoms with Crippen molar-refractivity contribution in [2.24, 2.45) is 9.98 Å². The van der Waals surface area contributed by atoms with Crippen LogP contribution in [0.15, 0.2) is 16.1 Å². The Hall–Kier alpha value is -1.75. The van der Waals surface area contributed by atoms with Gasteiger partial charge in [0.2, 0.25) is 0 Å². The third-order valence-electron chi connectivity index (χ3n) is 3.37. The van der Waals surface area contributed by atoms with Gasteiger partial charge in [0.05, 0.1) is 23.4 Å². The molecule has 0 bridgehead atoms. The Kier molecular flexibility index (Phi) is 1.92. The average molecular weight is 256 g/mol. The first-order chi connectivity index (χ1) is 8.74. The molecule has 4 nitrogen and oxygen atoms in total. The third-order valence-corrected chi connectivity index (χ3v) is 4.43. The first-order valence-electron chi connectivity index (χ1n) is 6.00. The molecular weight excluding hydrogens is 244 g/mol. The lowest BCUT2D eigenvalue weighted by Crippen LogP contribution is -2.28. The highest BCUT2D eigenvalue weighted by atomic mass is 32.1. The molecule has 4 rings (SSSR count). The van der Waals surface area contributed by atoms with Crippen LogP contribution in [0, 0.1) is 13.8 Å². The number of aromatic nitrogens is 1. The van der Waals surface area contributed by atoms with Gasteiger partial charge in [-0.05, 0) is 25.5 Å². The molecule has 0 amide bonds. The van der Waals surface area contributed by atoms with Crippen molar-refractivity contribution >= 4 is 39.4 Å². The summed E-state index contributed by atoms with van der Waals surface area (Å²) in [5, 5.41) is 1.19. The molecule has 0 radical (unpaired) electrons. The Morgan fingerprint density at radius 3 is 3.11 bits per heavy atom. The zero-order chi connectivity index (χ0) is 12.3. The number of rotatable bonds is 0. The van der Waals surface area contributed by atoms with Crippen molar-refractivity contribution < 1.29 is 0 Å². The van der Waals surface area contributed by atoms with Crippen molar-refractivity contribution in [1.82, 2.24) is 9.88 Å². The lowest BCUT2D eigenvalue weighted by Gasteiger charge is -2.17. The molecule has 90 valence electrons. The molecule has 0 unspecified atom stereocenters. The molecule has 18 heavy (non-hydrogen) atoms. The number of nitrogens with zero attached hydrogens (tertiary/aromatic N) is 4. The van der Waals surface area contributed by atoms with Crippen LogP contribution in [-0.2, 0) is 0 Å². The average Bonchev–Trinajstić information content (AvgIpc) is 2.89. The molecule has 0 aromatic carbocycles. The lowest BCUT2D eigenvalue weighted by molar-refractivity contribution is 0.682. The van der Waals surface area contributed by atoms with Crippen LogP contribution in [0.5, 0.6) is 0 Å². The molecule has 0 atom stereocenters. The van der Waals surface area contributed by atoms with Crippen LogP contribution in [0.4, 0.5) is 5.69 Å². The molecular formula is C13H12N4S. The molecule has 0 spiro atoms. The molecule has 0 fully saturated rings. The number of fused-ring (bicyclic) bond motifs is 5. The topological polar surface area (TPSA) is 40.9 Å². The fraction of sp³-hybridized carbons (Fsp3) is 0.308. The molecule has 0 saturated carbocycles. The first-order valence-corrected chi connectivity index (χ1v) is 6.82. The summed E-state index contributed by atoms with van der Waals surface area (Å²) in [5.41, 5.74) is 3.36. The normalized spacial score (nSPS) is 17.0. The van der Waals surface area contributed by atoms with E-state index in [1.165, 1.54) is 15.8 Å². The number of amidine groups is 1. The smallest absolute Gasteiger partial charge is 0.148 e. The van der Waals surface area contributed by atoms with Crippen LogP contribution in [-0.4, -0.2) is 35.1 Å². The van der Waals surface area contributed by atoms with Crippen molar-refractivity contribution in [3.63, 3.8) is 0 Å². The largest absolute Gasteiger partial charge is 0.314 e. The maximum Gasteiger partial charge on any atom is 0.148 e. The second kappa shape index (κ2) is 3.38. The maximum absolute atomic E-state index is 4.63. The van der Waals surface area contributed by atoms with E-state index >= 15 is 0 Å². The zero-order valence-corrected chi connectivity index (χ0v) is 11.1. The van der Waals surface area contributed by atoms with Gasteiger partial charge in [-0.2, -0.15) is 0 Å². The van der Waals surface area contributed by atoms with Crippen LogP contribution in [0.25, 0.3) is 10.2 Å². The van der Waals surface area contributed by atoms with E-state index in [-0.39, 0.29) is 0 Å². The van der Waals surface area contributed by atoms with E-state index in [1.54, 1.807) is 11.3 Å². The van der Waals surface area contributed by atoms with Gasteiger partial charge in [0, 0.05) is 17.6 Å². The van der Waals surface area contributed by atoms with Crippen molar-refractivity contribution in [2.45, 2.75) is 13.8 Å². The molecule has 2 aliphatic rings. The summed E-state index contributed by atoms with van der Waals surface area (Å²) in [4.78, 5) is 18.2. The van der Waals surface area contributed by atoms with Crippen molar-refractivity contribution in [3.8, 4) is 0 Å². The van der Waals surface area contributed by atoms with Gasteiger partial charge in [-0.1, -0.05) is 0 Å². The monoisotopic (exact) mass is 256 g/mol. The SMILES string of the molecule is Cc1cc(C)c2c3c(sc2n1)C1=NCCN1C=N3. The van der Waals surface area contributed by atoms with Crippen molar-refractivity contribution in [2.75, 3.05) is 13.1 Å². The second-order valence-electron chi connectivity index (χ2n) is 4.68. The highest BCUT2D eigenvalue weighted by Gasteiger charge is 2.28. The Morgan fingerprint density at radius 2 is 2.22 bits per heavy atom. The summed E-state index contributed by atoms with van der Waals surface area (Å²) < 4.78 is 0. The van der Waals surface area contributed by atoms with Crippen LogP contribution in [0.2, 0.25) is 0 Å². The highest BCUT2D eigenvalue weighted by molar-refractivity contribution is 7.21. The van der Waals surface area contributed by atoms with E-state index in [0.29, 0.717) is 0 Å². The minimum atomic E-state index is 0.862. The number of aryl methyl sites for hydroxylation is 2. The Labute approximate surface area is 109 Å². The van der Waals surface area contributed by atoms with Gasteiger partial charge in [-0.15, -0.1) is 11.3 Å². The molecule has 0 aliphatic carbocycles. The van der Waals surface area contributed by atoms with E-state index in [4.69, 9.17) is 0 Å². The molecule has 2 aliphatic heterocycles. The fourth-order valence-corrected chi connectivity index (χ4v) is 3.87. The summed E-state index contributed by atoms with van der Waals surface area (Å²) in [6, 6.07) is 2.12. The van der Waals surface area contributed by atoms with E-state index in [2.05, 4.69) is 32.9 Å². The van der Waals surface area contributed by atoms with Crippen LogP contribution in [0.1, 0.15) is 16.1 Å². The van der Waals surface area contributed by atoms with E-state index in [0.717, 1.165) is 35.1 Å². The molecule has 5 heteroatoms. The number of aliphatic imine (C=N–C) groups is 2. The summed E-state index contributed by atoms with van der Waals surface area (Å²) in [6.07, 6.45) is 1.90. The fourth-order valence-electron chi connectivity index (χ4n) is 2.60. The molecule has 4 heterocycles. The maximum atomic E-state index is 4.63.